The van der Waals surface area contributed by atoms with E-state index >= 15 is 0 Å². The van der Waals surface area contributed by atoms with Crippen LogP contribution in [0.2, 0.25) is 5.02 Å². The van der Waals surface area contributed by atoms with Crippen molar-refractivity contribution in [3.05, 3.63) is 59.2 Å². The standard InChI is InChI=1S/C24H27ClN4O3/c25-19-9-10-20(26-16-19)27-23(31)18-11-14-28(15-12-18)24(32)22(17-6-2-1-3-7-17)29-13-5-4-8-21(29)30/h1-3,6-7,9-10,16,18,22H,4-5,8,11-15H2,(H,26,27,31). The lowest BCUT2D eigenvalue weighted by molar-refractivity contribution is -0.149. The van der Waals surface area contributed by atoms with Crippen LogP contribution >= 0.6 is 11.6 Å². The van der Waals surface area contributed by atoms with E-state index in [0.29, 0.717) is 49.7 Å². The number of halogens is 1. The Balaban J connectivity index is 1.41. The zero-order chi connectivity index (χ0) is 22.5. The van der Waals surface area contributed by atoms with Gasteiger partial charge in [0.15, 0.2) is 0 Å². The van der Waals surface area contributed by atoms with Crippen LogP contribution in [0.15, 0.2) is 48.7 Å². The summed E-state index contributed by atoms with van der Waals surface area (Å²) in [5.41, 5.74) is 0.835. The minimum atomic E-state index is -0.604. The Labute approximate surface area is 192 Å². The number of carbonyl (C=O) groups excluding carboxylic acids is 3. The van der Waals surface area contributed by atoms with Gasteiger partial charge in [0.1, 0.15) is 11.9 Å². The van der Waals surface area contributed by atoms with E-state index in [9.17, 15) is 14.4 Å². The SMILES string of the molecule is O=C(Nc1ccc(Cl)cn1)C1CCN(C(=O)C(c2ccccc2)N2CCCCC2=O)CC1. The molecule has 3 heterocycles. The third-order valence-corrected chi connectivity index (χ3v) is 6.40. The molecule has 2 fully saturated rings. The van der Waals surface area contributed by atoms with E-state index in [1.165, 1.54) is 6.20 Å². The lowest BCUT2D eigenvalue weighted by Crippen LogP contribution is -2.49. The van der Waals surface area contributed by atoms with Crippen molar-refractivity contribution in [1.82, 2.24) is 14.8 Å². The van der Waals surface area contributed by atoms with Crippen molar-refractivity contribution >= 4 is 35.1 Å². The second-order valence-corrected chi connectivity index (χ2v) is 8.74. The number of piperidine rings is 2. The Morgan fingerprint density at radius 2 is 1.78 bits per heavy atom. The molecule has 2 aromatic rings. The van der Waals surface area contributed by atoms with Crippen LogP contribution in [-0.2, 0) is 14.4 Å². The maximum Gasteiger partial charge on any atom is 0.250 e. The topological polar surface area (TPSA) is 82.6 Å². The number of rotatable bonds is 5. The van der Waals surface area contributed by atoms with E-state index < -0.39 is 6.04 Å². The summed E-state index contributed by atoms with van der Waals surface area (Å²) in [5, 5.41) is 3.33. The Morgan fingerprint density at radius 3 is 2.44 bits per heavy atom. The van der Waals surface area contributed by atoms with Crippen molar-refractivity contribution in [2.45, 2.75) is 38.1 Å². The molecule has 32 heavy (non-hydrogen) atoms. The first kappa shape index (κ1) is 22.3. The number of likely N-dealkylation sites (tertiary alicyclic amines) is 2. The van der Waals surface area contributed by atoms with Crippen LogP contribution in [0.1, 0.15) is 43.7 Å². The summed E-state index contributed by atoms with van der Waals surface area (Å²) in [4.78, 5) is 46.4. The van der Waals surface area contributed by atoms with Crippen LogP contribution in [0, 0.1) is 5.92 Å². The predicted molar refractivity (Wildman–Crippen MR) is 122 cm³/mol. The molecule has 0 spiro atoms. The molecule has 168 valence electrons. The molecule has 8 heteroatoms. The molecule has 0 bridgehead atoms. The minimum Gasteiger partial charge on any atom is -0.341 e. The molecule has 0 radical (unpaired) electrons. The quantitative estimate of drug-likeness (QED) is 0.747. The molecule has 2 aliphatic heterocycles. The van der Waals surface area contributed by atoms with Gasteiger partial charge in [0.2, 0.25) is 17.7 Å². The van der Waals surface area contributed by atoms with Crippen LogP contribution in [0.3, 0.4) is 0 Å². The number of carbonyl (C=O) groups is 3. The van der Waals surface area contributed by atoms with Gasteiger partial charge in [-0.25, -0.2) is 4.98 Å². The summed E-state index contributed by atoms with van der Waals surface area (Å²) < 4.78 is 0. The van der Waals surface area contributed by atoms with Crippen molar-refractivity contribution in [3.63, 3.8) is 0 Å². The fourth-order valence-electron chi connectivity index (χ4n) is 4.40. The van der Waals surface area contributed by atoms with Crippen LogP contribution in [-0.4, -0.2) is 52.1 Å². The molecule has 1 atom stereocenters. The summed E-state index contributed by atoms with van der Waals surface area (Å²) in [7, 11) is 0. The summed E-state index contributed by atoms with van der Waals surface area (Å²) in [6.07, 6.45) is 4.89. The molecule has 0 saturated carbocycles. The van der Waals surface area contributed by atoms with Gasteiger partial charge in [0.05, 0.1) is 5.02 Å². The van der Waals surface area contributed by atoms with E-state index in [2.05, 4.69) is 10.3 Å². The van der Waals surface area contributed by atoms with Crippen LogP contribution < -0.4 is 5.32 Å². The van der Waals surface area contributed by atoms with Gasteiger partial charge in [0.25, 0.3) is 0 Å². The first-order valence-electron chi connectivity index (χ1n) is 11.1. The number of nitrogens with one attached hydrogen (secondary N) is 1. The summed E-state index contributed by atoms with van der Waals surface area (Å²) in [6, 6.07) is 12.2. The molecular formula is C24H27ClN4O3. The molecule has 2 saturated heterocycles. The zero-order valence-electron chi connectivity index (χ0n) is 17.9. The van der Waals surface area contributed by atoms with Crippen molar-refractivity contribution in [2.75, 3.05) is 25.0 Å². The van der Waals surface area contributed by atoms with Crippen LogP contribution in [0.25, 0.3) is 0 Å². The van der Waals surface area contributed by atoms with Gasteiger partial charge < -0.3 is 15.1 Å². The molecule has 7 nitrogen and oxygen atoms in total. The summed E-state index contributed by atoms with van der Waals surface area (Å²) in [5.74, 6) is 0.138. The maximum atomic E-state index is 13.6. The van der Waals surface area contributed by atoms with Crippen molar-refractivity contribution in [3.8, 4) is 0 Å². The summed E-state index contributed by atoms with van der Waals surface area (Å²) in [6.45, 7) is 1.56. The third-order valence-electron chi connectivity index (χ3n) is 6.18. The molecule has 0 aliphatic carbocycles. The highest BCUT2D eigenvalue weighted by molar-refractivity contribution is 6.30. The number of amides is 3. The van der Waals surface area contributed by atoms with E-state index in [0.717, 1.165) is 18.4 Å². The van der Waals surface area contributed by atoms with Gasteiger partial charge in [-0.2, -0.15) is 0 Å². The van der Waals surface area contributed by atoms with Crippen molar-refractivity contribution in [2.24, 2.45) is 5.92 Å². The molecule has 1 unspecified atom stereocenters. The Hall–Kier alpha value is -2.93. The average molecular weight is 455 g/mol. The van der Waals surface area contributed by atoms with E-state index in [-0.39, 0.29) is 23.6 Å². The fourth-order valence-corrected chi connectivity index (χ4v) is 4.52. The largest absolute Gasteiger partial charge is 0.341 e. The monoisotopic (exact) mass is 454 g/mol. The molecule has 1 aromatic heterocycles. The number of hydrogen-bond donors (Lipinski definition) is 1. The average Bonchev–Trinajstić information content (AvgIpc) is 2.82. The van der Waals surface area contributed by atoms with Gasteiger partial charge in [-0.1, -0.05) is 41.9 Å². The Morgan fingerprint density at radius 1 is 1.03 bits per heavy atom. The molecular weight excluding hydrogens is 428 g/mol. The van der Waals surface area contributed by atoms with Crippen LogP contribution in [0.5, 0.6) is 0 Å². The number of pyridine rings is 1. The molecule has 1 N–H and O–H groups in total. The fraction of sp³-hybridized carbons (Fsp3) is 0.417. The van der Waals surface area contributed by atoms with Gasteiger partial charge >= 0.3 is 0 Å². The molecule has 4 rings (SSSR count). The molecule has 2 aliphatic rings. The number of hydrogen-bond acceptors (Lipinski definition) is 4. The normalized spacial score (nSPS) is 18.3. The third kappa shape index (κ3) is 5.10. The molecule has 3 amide bonds. The van der Waals surface area contributed by atoms with Gasteiger partial charge in [-0.15, -0.1) is 0 Å². The predicted octanol–water partition coefficient (Wildman–Crippen LogP) is 3.67. The van der Waals surface area contributed by atoms with Crippen molar-refractivity contribution < 1.29 is 14.4 Å². The number of benzene rings is 1. The van der Waals surface area contributed by atoms with E-state index in [1.54, 1.807) is 21.9 Å². The Bertz CT molecular complexity index is 959. The van der Waals surface area contributed by atoms with Gasteiger partial charge in [0, 0.05) is 38.2 Å². The van der Waals surface area contributed by atoms with Crippen molar-refractivity contribution in [1.29, 1.82) is 0 Å². The van der Waals surface area contributed by atoms with E-state index in [4.69, 9.17) is 11.6 Å². The Kier molecular flexibility index (Phi) is 7.05. The lowest BCUT2D eigenvalue weighted by Gasteiger charge is -2.39. The van der Waals surface area contributed by atoms with E-state index in [1.807, 2.05) is 30.3 Å². The lowest BCUT2D eigenvalue weighted by atomic mass is 9.94. The van der Waals surface area contributed by atoms with Gasteiger partial charge in [-0.3, -0.25) is 14.4 Å². The van der Waals surface area contributed by atoms with Crippen LogP contribution in [0.4, 0.5) is 5.82 Å². The summed E-state index contributed by atoms with van der Waals surface area (Å²) >= 11 is 5.84. The second kappa shape index (κ2) is 10.1. The number of aromatic nitrogens is 1. The molecule has 1 aromatic carbocycles. The number of anilines is 1. The highest BCUT2D eigenvalue weighted by Crippen LogP contribution is 2.29. The zero-order valence-corrected chi connectivity index (χ0v) is 18.6. The maximum absolute atomic E-state index is 13.6. The highest BCUT2D eigenvalue weighted by atomic mass is 35.5. The minimum absolute atomic E-state index is 0.0307. The first-order valence-corrected chi connectivity index (χ1v) is 11.5. The highest BCUT2D eigenvalue weighted by Gasteiger charge is 2.37. The first-order chi connectivity index (χ1) is 15.5. The smallest absolute Gasteiger partial charge is 0.250 e. The second-order valence-electron chi connectivity index (χ2n) is 8.31. The number of nitrogens with zero attached hydrogens (tertiary/aromatic N) is 3. The van der Waals surface area contributed by atoms with Gasteiger partial charge in [-0.05, 0) is 43.4 Å².